The van der Waals surface area contributed by atoms with E-state index in [1.165, 1.54) is 23.5 Å². The number of halogens is 1. The van der Waals surface area contributed by atoms with E-state index >= 15 is 0 Å². The summed E-state index contributed by atoms with van der Waals surface area (Å²) in [5.74, 6) is 0.296. The molecule has 9 heteroatoms. The van der Waals surface area contributed by atoms with E-state index in [2.05, 4.69) is 16.0 Å². The van der Waals surface area contributed by atoms with Crippen LogP contribution in [0.15, 0.2) is 59.9 Å². The van der Waals surface area contributed by atoms with Crippen LogP contribution in [0.5, 0.6) is 0 Å². The predicted octanol–water partition coefficient (Wildman–Crippen LogP) is 4.87. The molecule has 2 aromatic carbocycles. The molecule has 1 atom stereocenters. The summed E-state index contributed by atoms with van der Waals surface area (Å²) < 4.78 is 24.3. The van der Waals surface area contributed by atoms with Crippen molar-refractivity contribution in [3.63, 3.8) is 0 Å². The molecule has 6 nitrogen and oxygen atoms in total. The fourth-order valence-electron chi connectivity index (χ4n) is 3.93. The van der Waals surface area contributed by atoms with Gasteiger partial charge in [0.1, 0.15) is 0 Å². The van der Waals surface area contributed by atoms with E-state index in [0.717, 1.165) is 16.7 Å². The van der Waals surface area contributed by atoms with Crippen LogP contribution in [0.2, 0.25) is 5.02 Å². The quantitative estimate of drug-likeness (QED) is 0.330. The molecule has 1 aromatic heterocycles. The van der Waals surface area contributed by atoms with E-state index in [-0.39, 0.29) is 34.7 Å². The van der Waals surface area contributed by atoms with Gasteiger partial charge in [-0.3, -0.25) is 4.79 Å². The lowest BCUT2D eigenvalue weighted by Gasteiger charge is -2.28. The Kier molecular flexibility index (Phi) is 7.60. The second kappa shape index (κ2) is 10.5. The van der Waals surface area contributed by atoms with Gasteiger partial charge in [0, 0.05) is 18.3 Å². The van der Waals surface area contributed by atoms with Crippen LogP contribution in [0.3, 0.4) is 0 Å². The Morgan fingerprint density at radius 1 is 1.12 bits per heavy atom. The highest BCUT2D eigenvalue weighted by Gasteiger charge is 2.36. The largest absolute Gasteiger partial charge is 0.329 e. The van der Waals surface area contributed by atoms with E-state index in [1.54, 1.807) is 4.90 Å². The number of rotatable bonds is 7. The molecule has 1 amide bonds. The van der Waals surface area contributed by atoms with Crippen LogP contribution in [-0.4, -0.2) is 46.7 Å². The van der Waals surface area contributed by atoms with E-state index in [1.807, 2.05) is 56.3 Å². The van der Waals surface area contributed by atoms with Gasteiger partial charge in [0.2, 0.25) is 0 Å². The van der Waals surface area contributed by atoms with Crippen molar-refractivity contribution < 1.29 is 13.2 Å². The van der Waals surface area contributed by atoms with Crippen LogP contribution < -0.4 is 0 Å². The van der Waals surface area contributed by atoms with Crippen LogP contribution in [0.1, 0.15) is 39.2 Å². The Balaban J connectivity index is 1.59. The zero-order valence-corrected chi connectivity index (χ0v) is 21.5. The number of carbonyl (C=O) groups excluding carboxylic acids is 1. The first-order chi connectivity index (χ1) is 16.2. The van der Waals surface area contributed by atoms with Crippen molar-refractivity contribution >= 4 is 39.1 Å². The van der Waals surface area contributed by atoms with Crippen molar-refractivity contribution in [2.24, 2.45) is 0 Å². The molecule has 0 N–H and O–H groups in total. The number of aryl methyl sites for hydroxylation is 2. The normalized spacial score (nSPS) is 17.0. The van der Waals surface area contributed by atoms with Crippen LogP contribution in [0.25, 0.3) is 0 Å². The van der Waals surface area contributed by atoms with Gasteiger partial charge in [0.15, 0.2) is 20.7 Å². The fraction of sp³-hybridized carbons (Fsp3) is 0.320. The summed E-state index contributed by atoms with van der Waals surface area (Å²) in [6.45, 7) is 4.31. The van der Waals surface area contributed by atoms with Crippen molar-refractivity contribution in [1.29, 1.82) is 0 Å². The molecule has 0 aliphatic carbocycles. The Hall–Kier alpha value is -2.42. The van der Waals surface area contributed by atoms with E-state index in [4.69, 9.17) is 11.6 Å². The maximum absolute atomic E-state index is 13.7. The molecular formula is C25H26ClN3O3S2. The summed E-state index contributed by atoms with van der Waals surface area (Å²) in [5, 5.41) is 0.600. The summed E-state index contributed by atoms with van der Waals surface area (Å²) in [4.78, 5) is 24.0. The molecule has 1 aliphatic rings. The number of sulfone groups is 1. The predicted molar refractivity (Wildman–Crippen MR) is 136 cm³/mol. The topological polar surface area (TPSA) is 80.2 Å². The van der Waals surface area contributed by atoms with Crippen molar-refractivity contribution in [3.8, 4) is 0 Å². The van der Waals surface area contributed by atoms with Crippen molar-refractivity contribution in [3.05, 3.63) is 87.7 Å². The molecular weight excluding hydrogens is 490 g/mol. The van der Waals surface area contributed by atoms with Crippen molar-refractivity contribution in [2.45, 2.75) is 43.8 Å². The van der Waals surface area contributed by atoms with Gasteiger partial charge >= 0.3 is 0 Å². The van der Waals surface area contributed by atoms with E-state index in [9.17, 15) is 13.2 Å². The first-order valence-electron chi connectivity index (χ1n) is 11.0. The number of hydrogen-bond acceptors (Lipinski definition) is 6. The number of amides is 1. The average molecular weight is 516 g/mol. The van der Waals surface area contributed by atoms with Crippen LogP contribution in [-0.2, 0) is 22.1 Å². The van der Waals surface area contributed by atoms with Gasteiger partial charge in [-0.25, -0.2) is 18.4 Å². The molecule has 34 heavy (non-hydrogen) atoms. The van der Waals surface area contributed by atoms with Crippen LogP contribution in [0.4, 0.5) is 0 Å². The van der Waals surface area contributed by atoms with Gasteiger partial charge in [-0.15, -0.1) is 0 Å². The van der Waals surface area contributed by atoms with Crippen LogP contribution in [0, 0.1) is 13.8 Å². The number of nitrogens with zero attached hydrogens (tertiary/aromatic N) is 3. The third kappa shape index (κ3) is 6.17. The molecule has 1 aliphatic heterocycles. The minimum absolute atomic E-state index is 0.0533. The highest BCUT2D eigenvalue weighted by molar-refractivity contribution is 7.98. The Morgan fingerprint density at radius 2 is 1.88 bits per heavy atom. The Labute approximate surface area is 209 Å². The average Bonchev–Trinajstić information content (AvgIpc) is 3.17. The van der Waals surface area contributed by atoms with Gasteiger partial charge in [0.25, 0.3) is 5.91 Å². The van der Waals surface area contributed by atoms with Gasteiger partial charge in [-0.1, -0.05) is 83.0 Å². The summed E-state index contributed by atoms with van der Waals surface area (Å²) in [6.07, 6.45) is 1.84. The second-order valence-electron chi connectivity index (χ2n) is 8.60. The molecule has 2 heterocycles. The van der Waals surface area contributed by atoms with Crippen molar-refractivity contribution in [2.75, 3.05) is 11.5 Å². The highest BCUT2D eigenvalue weighted by atomic mass is 35.5. The second-order valence-corrected chi connectivity index (χ2v) is 12.2. The minimum Gasteiger partial charge on any atom is -0.329 e. The molecule has 0 bridgehead atoms. The number of benzene rings is 2. The maximum atomic E-state index is 13.7. The fourth-order valence-corrected chi connectivity index (χ4v) is 6.60. The molecule has 0 spiro atoms. The number of hydrogen-bond donors (Lipinski definition) is 0. The van der Waals surface area contributed by atoms with Gasteiger partial charge in [-0.2, -0.15) is 0 Å². The lowest BCUT2D eigenvalue weighted by Crippen LogP contribution is -2.41. The zero-order valence-electron chi connectivity index (χ0n) is 19.1. The Bertz CT molecular complexity index is 1300. The number of thioether (sulfide) groups is 1. The molecule has 3 aromatic rings. The van der Waals surface area contributed by atoms with E-state index < -0.39 is 15.9 Å². The monoisotopic (exact) mass is 515 g/mol. The number of aromatic nitrogens is 2. The molecule has 0 radical (unpaired) electrons. The minimum atomic E-state index is -3.18. The first kappa shape index (κ1) is 24.7. The third-order valence-corrected chi connectivity index (χ3v) is 8.72. The summed E-state index contributed by atoms with van der Waals surface area (Å²) >= 11 is 7.78. The van der Waals surface area contributed by atoms with Gasteiger partial charge in [-0.05, 0) is 31.4 Å². The summed E-state index contributed by atoms with van der Waals surface area (Å²) in [6, 6.07) is 15.6. The lowest BCUT2D eigenvalue weighted by molar-refractivity contribution is 0.0674. The summed E-state index contributed by atoms with van der Waals surface area (Å²) in [7, 11) is -3.18. The maximum Gasteiger partial charge on any atom is 0.274 e. The first-order valence-corrected chi connectivity index (χ1v) is 14.2. The lowest BCUT2D eigenvalue weighted by atomic mass is 10.1. The van der Waals surface area contributed by atoms with E-state index in [0.29, 0.717) is 17.3 Å². The van der Waals surface area contributed by atoms with Gasteiger partial charge < -0.3 is 4.90 Å². The summed E-state index contributed by atoms with van der Waals surface area (Å²) in [5.41, 5.74) is 4.43. The smallest absolute Gasteiger partial charge is 0.274 e. The molecule has 178 valence electrons. The third-order valence-electron chi connectivity index (χ3n) is 5.76. The standard InChI is InChI=1S/C25H26ClN3O3S2/c1-17-6-8-19(9-7-17)14-29(21-10-11-34(31,32)16-21)24(30)23-22(26)13-27-25(28-23)33-15-20-5-3-4-18(2)12-20/h3-9,12-13,21H,10-11,14-16H2,1-2H3. The molecule has 4 rings (SSSR count). The van der Waals surface area contributed by atoms with Crippen LogP contribution >= 0.6 is 23.4 Å². The zero-order chi connectivity index (χ0) is 24.3. The van der Waals surface area contributed by atoms with Gasteiger partial charge in [0.05, 0.1) is 22.7 Å². The number of carbonyl (C=O) groups is 1. The Morgan fingerprint density at radius 3 is 2.56 bits per heavy atom. The SMILES string of the molecule is Cc1ccc(CN(C(=O)c2nc(SCc3cccc(C)c3)ncc2Cl)C2CCS(=O)(=O)C2)cc1. The van der Waals surface area contributed by atoms with Crippen molar-refractivity contribution in [1.82, 2.24) is 14.9 Å². The molecule has 1 saturated heterocycles. The molecule has 1 unspecified atom stereocenters. The molecule has 1 fully saturated rings. The highest BCUT2D eigenvalue weighted by Crippen LogP contribution is 2.27. The molecule has 0 saturated carbocycles.